The van der Waals surface area contributed by atoms with Crippen LogP contribution in [0.25, 0.3) is 0 Å². The third-order valence-electron chi connectivity index (χ3n) is 2.39. The molecular weight excluding hydrogens is 432 g/mol. The summed E-state index contributed by atoms with van der Waals surface area (Å²) in [5, 5.41) is 10.6. The van der Waals surface area contributed by atoms with Crippen molar-refractivity contribution in [3.05, 3.63) is 63.0 Å². The minimum Gasteiger partial charge on any atom is -0.465 e. The van der Waals surface area contributed by atoms with Gasteiger partial charge < -0.3 is 20.9 Å². The summed E-state index contributed by atoms with van der Waals surface area (Å²) in [4.78, 5) is 20.4. The topological polar surface area (TPSA) is 102 Å². The van der Waals surface area contributed by atoms with Crippen molar-refractivity contribution < 1.29 is 19.4 Å². The van der Waals surface area contributed by atoms with Crippen LogP contribution in [0.3, 0.4) is 0 Å². The Labute approximate surface area is 149 Å². The lowest BCUT2D eigenvalue weighted by Gasteiger charge is -2.00. The molecule has 2 aromatic rings. The number of nitrogens with one attached hydrogen (secondary N) is 1. The average molecular weight is 446 g/mol. The van der Waals surface area contributed by atoms with Gasteiger partial charge in [-0.1, -0.05) is 44.0 Å². The lowest BCUT2D eigenvalue weighted by molar-refractivity contribution is 0.194. The summed E-state index contributed by atoms with van der Waals surface area (Å²) in [6, 6.07) is 14.3. The molecule has 0 heterocycles. The predicted octanol–water partition coefficient (Wildman–Crippen LogP) is 4.12. The zero-order valence-electron chi connectivity index (χ0n) is 11.8. The van der Waals surface area contributed by atoms with Crippen LogP contribution >= 0.6 is 31.9 Å². The van der Waals surface area contributed by atoms with Crippen molar-refractivity contribution in [2.75, 3.05) is 0 Å². The van der Waals surface area contributed by atoms with Gasteiger partial charge in [-0.15, -0.1) is 0 Å². The maximum atomic E-state index is 10.2. The summed E-state index contributed by atoms with van der Waals surface area (Å²) in [5.74, 6) is 0.445. The number of primary amides is 1. The Bertz CT molecular complexity index is 646. The van der Waals surface area contributed by atoms with Crippen molar-refractivity contribution in [3.8, 4) is 5.75 Å². The molecule has 0 aliphatic carbocycles. The number of carbonyl (C=O) groups is 2. The number of carbonyl (C=O) groups excluding carboxylic acids is 1. The Kier molecular flexibility index (Phi) is 8.14. The van der Waals surface area contributed by atoms with Gasteiger partial charge in [0, 0.05) is 15.5 Å². The predicted molar refractivity (Wildman–Crippen MR) is 93.4 cm³/mol. The fourth-order valence-corrected chi connectivity index (χ4v) is 1.93. The highest BCUT2D eigenvalue weighted by atomic mass is 79.9. The summed E-state index contributed by atoms with van der Waals surface area (Å²) < 4.78 is 6.50. The number of benzene rings is 2. The third kappa shape index (κ3) is 8.84. The highest BCUT2D eigenvalue weighted by Crippen LogP contribution is 2.15. The minimum absolute atomic E-state index is 0.350. The second kappa shape index (κ2) is 9.86. The molecule has 6 nitrogen and oxygen atoms in total. The van der Waals surface area contributed by atoms with Crippen LogP contribution in [-0.4, -0.2) is 17.3 Å². The SMILES string of the molecule is NC(=O)Oc1ccc(Br)cc1.O=C(O)NCc1ccc(Br)cc1. The van der Waals surface area contributed by atoms with Crippen molar-refractivity contribution >= 4 is 44.0 Å². The van der Waals surface area contributed by atoms with Crippen LogP contribution in [0.5, 0.6) is 5.75 Å². The summed E-state index contributed by atoms with van der Waals surface area (Å²) in [6.45, 7) is 0.350. The van der Waals surface area contributed by atoms with Gasteiger partial charge in [-0.05, 0) is 42.0 Å². The number of hydrogen-bond acceptors (Lipinski definition) is 3. The van der Waals surface area contributed by atoms with Gasteiger partial charge in [0.25, 0.3) is 0 Å². The fraction of sp³-hybridized carbons (Fsp3) is 0.0667. The Balaban J connectivity index is 0.000000231. The van der Waals surface area contributed by atoms with Crippen molar-refractivity contribution in [2.45, 2.75) is 6.54 Å². The maximum absolute atomic E-state index is 10.2. The van der Waals surface area contributed by atoms with Gasteiger partial charge in [-0.2, -0.15) is 0 Å². The molecule has 4 N–H and O–H groups in total. The molecule has 0 spiro atoms. The first-order valence-corrected chi connectivity index (χ1v) is 7.89. The highest BCUT2D eigenvalue weighted by molar-refractivity contribution is 9.10. The van der Waals surface area contributed by atoms with Crippen LogP contribution in [-0.2, 0) is 6.54 Å². The Morgan fingerprint density at radius 1 is 1.00 bits per heavy atom. The van der Waals surface area contributed by atoms with Gasteiger partial charge in [0.1, 0.15) is 5.75 Å². The maximum Gasteiger partial charge on any atom is 0.409 e. The summed E-state index contributed by atoms with van der Waals surface area (Å²) in [5.41, 5.74) is 5.73. The van der Waals surface area contributed by atoms with E-state index in [0.29, 0.717) is 12.3 Å². The van der Waals surface area contributed by atoms with Gasteiger partial charge in [0.05, 0.1) is 0 Å². The molecule has 0 aromatic heterocycles. The van der Waals surface area contributed by atoms with Gasteiger partial charge in [0.15, 0.2) is 0 Å². The zero-order valence-corrected chi connectivity index (χ0v) is 15.0. The van der Waals surface area contributed by atoms with E-state index in [1.165, 1.54) is 0 Å². The Morgan fingerprint density at radius 3 is 1.91 bits per heavy atom. The second-order valence-corrected chi connectivity index (χ2v) is 5.99. The molecule has 0 fully saturated rings. The van der Waals surface area contributed by atoms with Crippen LogP contribution in [0.2, 0.25) is 0 Å². The van der Waals surface area contributed by atoms with Gasteiger partial charge in [-0.3, -0.25) is 0 Å². The molecule has 8 heteroatoms. The van der Waals surface area contributed by atoms with Gasteiger partial charge >= 0.3 is 12.2 Å². The smallest absolute Gasteiger partial charge is 0.409 e. The van der Waals surface area contributed by atoms with E-state index >= 15 is 0 Å². The van der Waals surface area contributed by atoms with Crippen molar-refractivity contribution in [1.29, 1.82) is 0 Å². The van der Waals surface area contributed by atoms with Crippen molar-refractivity contribution in [3.63, 3.8) is 0 Å². The van der Waals surface area contributed by atoms with E-state index < -0.39 is 12.2 Å². The molecule has 0 saturated carbocycles. The molecule has 23 heavy (non-hydrogen) atoms. The van der Waals surface area contributed by atoms with E-state index in [0.717, 1.165) is 14.5 Å². The molecule has 2 amide bonds. The number of rotatable bonds is 3. The van der Waals surface area contributed by atoms with Crippen LogP contribution in [0, 0.1) is 0 Å². The van der Waals surface area contributed by atoms with E-state index in [1.54, 1.807) is 24.3 Å². The standard InChI is InChI=1S/C8H8BrNO2.C7H6BrNO2/c9-7-3-1-6(2-4-7)5-10-8(11)12;8-5-1-3-6(4-2-5)11-7(9)10/h1-4,10H,5H2,(H,11,12);1-4H,(H2,9,10). The number of carboxylic acid groups (broad SMARTS) is 1. The molecule has 0 atom stereocenters. The molecule has 0 saturated heterocycles. The van der Waals surface area contributed by atoms with E-state index in [4.69, 9.17) is 10.8 Å². The average Bonchev–Trinajstić information content (AvgIpc) is 2.49. The number of halogens is 2. The Morgan fingerprint density at radius 2 is 1.48 bits per heavy atom. The van der Waals surface area contributed by atoms with E-state index in [-0.39, 0.29) is 0 Å². The first kappa shape index (κ1) is 19.0. The summed E-state index contributed by atoms with van der Waals surface area (Å²) >= 11 is 6.53. The number of amides is 2. The normalized spacial score (nSPS) is 9.30. The highest BCUT2D eigenvalue weighted by Gasteiger charge is 1.96. The van der Waals surface area contributed by atoms with Crippen molar-refractivity contribution in [2.24, 2.45) is 5.73 Å². The first-order chi connectivity index (χ1) is 10.9. The zero-order chi connectivity index (χ0) is 17.2. The molecule has 0 unspecified atom stereocenters. The molecule has 0 aliphatic rings. The van der Waals surface area contributed by atoms with Crippen LogP contribution in [0.1, 0.15) is 5.56 Å². The largest absolute Gasteiger partial charge is 0.465 e. The molecule has 0 bridgehead atoms. The molecule has 0 radical (unpaired) electrons. The van der Waals surface area contributed by atoms with Gasteiger partial charge in [-0.25, -0.2) is 9.59 Å². The van der Waals surface area contributed by atoms with E-state index in [9.17, 15) is 9.59 Å². The number of nitrogens with two attached hydrogens (primary N) is 1. The monoisotopic (exact) mass is 444 g/mol. The van der Waals surface area contributed by atoms with Crippen LogP contribution in [0.15, 0.2) is 57.5 Å². The fourth-order valence-electron chi connectivity index (χ4n) is 1.40. The molecule has 0 aliphatic heterocycles. The van der Waals surface area contributed by atoms with Crippen LogP contribution < -0.4 is 15.8 Å². The summed E-state index contributed by atoms with van der Waals surface area (Å²) in [7, 11) is 0. The molecular formula is C15H14Br2N2O4. The lowest BCUT2D eigenvalue weighted by Crippen LogP contribution is -2.19. The third-order valence-corrected chi connectivity index (χ3v) is 3.45. The quantitative estimate of drug-likeness (QED) is 0.661. The number of ether oxygens (including phenoxy) is 1. The van der Waals surface area contributed by atoms with Crippen molar-refractivity contribution in [1.82, 2.24) is 5.32 Å². The van der Waals surface area contributed by atoms with Crippen LogP contribution in [0.4, 0.5) is 9.59 Å². The molecule has 122 valence electrons. The van der Waals surface area contributed by atoms with E-state index in [1.807, 2.05) is 24.3 Å². The molecule has 2 rings (SSSR count). The summed E-state index contributed by atoms with van der Waals surface area (Å²) in [6.07, 6.45) is -1.80. The van der Waals surface area contributed by atoms with Gasteiger partial charge in [0.2, 0.25) is 0 Å². The molecule has 2 aromatic carbocycles. The second-order valence-electron chi connectivity index (χ2n) is 4.16. The van der Waals surface area contributed by atoms with E-state index in [2.05, 4.69) is 41.9 Å². The lowest BCUT2D eigenvalue weighted by atomic mass is 10.2. The number of hydrogen-bond donors (Lipinski definition) is 3. The minimum atomic E-state index is -1.00. The Hall–Kier alpha value is -2.06. The first-order valence-electron chi connectivity index (χ1n) is 6.31.